The number of hydrogen-bond acceptors (Lipinski definition) is 4. The van der Waals surface area contributed by atoms with E-state index in [1.165, 1.54) is 0 Å². The number of amides is 2. The van der Waals surface area contributed by atoms with Crippen molar-refractivity contribution in [1.29, 1.82) is 0 Å². The Bertz CT molecular complexity index is 941. The Balaban J connectivity index is 1.54. The van der Waals surface area contributed by atoms with Crippen LogP contribution in [0, 0.1) is 0 Å². The van der Waals surface area contributed by atoms with E-state index < -0.39 is 0 Å². The molecule has 1 aliphatic rings. The fourth-order valence-corrected chi connectivity index (χ4v) is 3.53. The number of aromatic amines is 1. The standard InChI is InChI=1S/C21H22N4O3/c1-28-20-4-2-3-15(9-20)12-24-13-19(14-26)25(21(24)27)18-7-5-16(6-8-18)17-10-22-23-11-17/h2-11,19,26H,12-14H2,1H3,(H,22,23). The number of aliphatic hydroxyl groups excluding tert-OH is 1. The molecule has 28 heavy (non-hydrogen) atoms. The Labute approximate surface area is 163 Å². The third-order valence-corrected chi connectivity index (χ3v) is 4.97. The zero-order chi connectivity index (χ0) is 19.5. The van der Waals surface area contributed by atoms with Crippen LogP contribution in [-0.2, 0) is 6.54 Å². The van der Waals surface area contributed by atoms with Gasteiger partial charge in [-0.05, 0) is 35.4 Å². The van der Waals surface area contributed by atoms with Crippen LogP contribution in [0.1, 0.15) is 5.56 Å². The van der Waals surface area contributed by atoms with E-state index in [1.807, 2.05) is 54.7 Å². The minimum Gasteiger partial charge on any atom is -0.497 e. The number of hydrogen-bond donors (Lipinski definition) is 2. The number of carbonyl (C=O) groups excluding carboxylic acids is 1. The SMILES string of the molecule is COc1cccc(CN2CC(CO)N(c3ccc(-c4cn[nH]c4)cc3)C2=O)c1. The molecule has 0 radical (unpaired) electrons. The van der Waals surface area contributed by atoms with Crippen molar-refractivity contribution in [3.8, 4) is 16.9 Å². The Morgan fingerprint density at radius 3 is 2.71 bits per heavy atom. The molecule has 0 spiro atoms. The molecule has 1 aliphatic heterocycles. The molecule has 2 heterocycles. The van der Waals surface area contributed by atoms with Gasteiger partial charge in [-0.25, -0.2) is 4.79 Å². The molecule has 4 rings (SSSR count). The Morgan fingerprint density at radius 2 is 2.04 bits per heavy atom. The molecule has 1 atom stereocenters. The number of carbonyl (C=O) groups is 1. The maximum atomic E-state index is 13.0. The van der Waals surface area contributed by atoms with Crippen LogP contribution >= 0.6 is 0 Å². The van der Waals surface area contributed by atoms with Crippen LogP contribution < -0.4 is 9.64 Å². The van der Waals surface area contributed by atoms with Gasteiger partial charge >= 0.3 is 6.03 Å². The predicted molar refractivity (Wildman–Crippen MR) is 106 cm³/mol. The fraction of sp³-hybridized carbons (Fsp3) is 0.238. The number of nitrogens with one attached hydrogen (secondary N) is 1. The molecule has 7 heteroatoms. The summed E-state index contributed by atoms with van der Waals surface area (Å²) < 4.78 is 5.26. The van der Waals surface area contributed by atoms with Crippen LogP contribution in [0.5, 0.6) is 5.75 Å². The molecule has 0 bridgehead atoms. The highest BCUT2D eigenvalue weighted by Crippen LogP contribution is 2.29. The lowest BCUT2D eigenvalue weighted by atomic mass is 10.1. The molecule has 7 nitrogen and oxygen atoms in total. The number of urea groups is 1. The maximum Gasteiger partial charge on any atom is 0.325 e. The van der Waals surface area contributed by atoms with Gasteiger partial charge in [0.05, 0.1) is 26.0 Å². The van der Waals surface area contributed by atoms with Crippen LogP contribution in [-0.4, -0.2) is 52.5 Å². The van der Waals surface area contributed by atoms with E-state index in [9.17, 15) is 9.90 Å². The van der Waals surface area contributed by atoms with E-state index >= 15 is 0 Å². The van der Waals surface area contributed by atoms with Gasteiger partial charge in [-0.3, -0.25) is 10.00 Å². The molecular weight excluding hydrogens is 356 g/mol. The van der Waals surface area contributed by atoms with Crippen molar-refractivity contribution in [3.63, 3.8) is 0 Å². The first kappa shape index (κ1) is 18.1. The summed E-state index contributed by atoms with van der Waals surface area (Å²) in [5.41, 5.74) is 3.75. The maximum absolute atomic E-state index is 13.0. The summed E-state index contributed by atoms with van der Waals surface area (Å²) in [5.74, 6) is 0.759. The highest BCUT2D eigenvalue weighted by Gasteiger charge is 2.37. The lowest BCUT2D eigenvalue weighted by Crippen LogP contribution is -2.36. The molecule has 1 aromatic heterocycles. The van der Waals surface area contributed by atoms with Crippen LogP contribution in [0.4, 0.5) is 10.5 Å². The number of ether oxygens (including phenoxy) is 1. The number of nitrogens with zero attached hydrogens (tertiary/aromatic N) is 3. The highest BCUT2D eigenvalue weighted by molar-refractivity contribution is 5.95. The molecular formula is C21H22N4O3. The molecule has 1 fully saturated rings. The zero-order valence-electron chi connectivity index (χ0n) is 15.6. The van der Waals surface area contributed by atoms with Crippen molar-refractivity contribution in [2.75, 3.05) is 25.2 Å². The largest absolute Gasteiger partial charge is 0.497 e. The van der Waals surface area contributed by atoms with Gasteiger partial charge in [-0.2, -0.15) is 5.10 Å². The summed E-state index contributed by atoms with van der Waals surface area (Å²) in [7, 11) is 1.62. The van der Waals surface area contributed by atoms with Crippen molar-refractivity contribution >= 4 is 11.7 Å². The summed E-state index contributed by atoms with van der Waals surface area (Å²) in [6, 6.07) is 15.0. The van der Waals surface area contributed by atoms with E-state index in [2.05, 4.69) is 10.2 Å². The Hall–Kier alpha value is -3.32. The third-order valence-electron chi connectivity index (χ3n) is 4.97. The second-order valence-electron chi connectivity index (χ2n) is 6.75. The summed E-state index contributed by atoms with van der Waals surface area (Å²) in [4.78, 5) is 16.5. The number of aliphatic hydroxyl groups is 1. The molecule has 2 N–H and O–H groups in total. The Morgan fingerprint density at radius 1 is 1.21 bits per heavy atom. The molecule has 1 saturated heterocycles. The van der Waals surface area contributed by atoms with Crippen molar-refractivity contribution in [2.45, 2.75) is 12.6 Å². The Kier molecular flexibility index (Phi) is 4.99. The minimum atomic E-state index is -0.280. The second-order valence-corrected chi connectivity index (χ2v) is 6.75. The van der Waals surface area contributed by atoms with Crippen molar-refractivity contribution in [2.24, 2.45) is 0 Å². The molecule has 2 aromatic carbocycles. The average molecular weight is 378 g/mol. The van der Waals surface area contributed by atoms with Crippen LogP contribution in [0.2, 0.25) is 0 Å². The average Bonchev–Trinajstić information content (AvgIpc) is 3.37. The van der Waals surface area contributed by atoms with Gasteiger partial charge in [0.2, 0.25) is 0 Å². The van der Waals surface area contributed by atoms with Gasteiger partial charge in [0.15, 0.2) is 0 Å². The number of aromatic nitrogens is 2. The zero-order valence-corrected chi connectivity index (χ0v) is 15.6. The van der Waals surface area contributed by atoms with Gasteiger partial charge in [-0.15, -0.1) is 0 Å². The molecule has 1 unspecified atom stereocenters. The topological polar surface area (TPSA) is 81.7 Å². The number of anilines is 1. The van der Waals surface area contributed by atoms with Crippen LogP contribution in [0.3, 0.4) is 0 Å². The van der Waals surface area contributed by atoms with Crippen molar-refractivity contribution in [1.82, 2.24) is 15.1 Å². The first-order valence-electron chi connectivity index (χ1n) is 9.10. The molecule has 2 amide bonds. The fourth-order valence-electron chi connectivity index (χ4n) is 3.53. The number of methoxy groups -OCH3 is 1. The van der Waals surface area contributed by atoms with Crippen molar-refractivity contribution in [3.05, 3.63) is 66.5 Å². The van der Waals surface area contributed by atoms with Crippen molar-refractivity contribution < 1.29 is 14.6 Å². The minimum absolute atomic E-state index is 0.0934. The summed E-state index contributed by atoms with van der Waals surface area (Å²) in [6.45, 7) is 0.843. The number of benzene rings is 2. The van der Waals surface area contributed by atoms with Gasteiger partial charge in [0, 0.05) is 30.5 Å². The third kappa shape index (κ3) is 3.44. The van der Waals surface area contributed by atoms with Crippen LogP contribution in [0.15, 0.2) is 60.9 Å². The number of rotatable bonds is 6. The smallest absolute Gasteiger partial charge is 0.325 e. The van der Waals surface area contributed by atoms with E-state index in [4.69, 9.17) is 4.74 Å². The summed E-state index contributed by atoms with van der Waals surface area (Å²) >= 11 is 0. The van der Waals surface area contributed by atoms with E-state index in [0.29, 0.717) is 13.1 Å². The number of H-pyrrole nitrogens is 1. The lowest BCUT2D eigenvalue weighted by Gasteiger charge is -2.22. The molecule has 0 saturated carbocycles. The van der Waals surface area contributed by atoms with Gasteiger partial charge < -0.3 is 14.7 Å². The second kappa shape index (κ2) is 7.74. The van der Waals surface area contributed by atoms with Gasteiger partial charge in [-0.1, -0.05) is 24.3 Å². The normalized spacial score (nSPS) is 16.6. The van der Waals surface area contributed by atoms with Crippen LogP contribution in [0.25, 0.3) is 11.1 Å². The summed E-state index contributed by atoms with van der Waals surface area (Å²) in [6.07, 6.45) is 3.57. The summed E-state index contributed by atoms with van der Waals surface area (Å²) in [5, 5.41) is 16.6. The highest BCUT2D eigenvalue weighted by atomic mass is 16.5. The molecule has 144 valence electrons. The van der Waals surface area contributed by atoms with Gasteiger partial charge in [0.25, 0.3) is 0 Å². The molecule has 0 aliphatic carbocycles. The lowest BCUT2D eigenvalue weighted by molar-refractivity contribution is 0.217. The van der Waals surface area contributed by atoms with E-state index in [1.54, 1.807) is 23.1 Å². The molecule has 3 aromatic rings. The quantitative estimate of drug-likeness (QED) is 0.691. The first-order chi connectivity index (χ1) is 13.7. The van der Waals surface area contributed by atoms with E-state index in [-0.39, 0.29) is 18.7 Å². The van der Waals surface area contributed by atoms with E-state index in [0.717, 1.165) is 28.1 Å². The predicted octanol–water partition coefficient (Wildman–Crippen LogP) is 2.89. The monoisotopic (exact) mass is 378 g/mol. The van der Waals surface area contributed by atoms with Gasteiger partial charge in [0.1, 0.15) is 5.75 Å². The first-order valence-corrected chi connectivity index (χ1v) is 9.10.